The van der Waals surface area contributed by atoms with E-state index in [2.05, 4.69) is 0 Å². The molecule has 0 radical (unpaired) electrons. The Morgan fingerprint density at radius 2 is 0.806 bits per heavy atom. The number of rotatable bonds is 8. The zero-order chi connectivity index (χ0) is 25.3. The van der Waals surface area contributed by atoms with Crippen molar-refractivity contribution in [3.05, 3.63) is 143 Å². The van der Waals surface area contributed by atoms with E-state index in [0.717, 1.165) is 0 Å². The number of benzene rings is 4. The molecule has 0 aromatic heterocycles. The van der Waals surface area contributed by atoms with Crippen LogP contribution in [0.15, 0.2) is 132 Å². The van der Waals surface area contributed by atoms with Gasteiger partial charge in [0.2, 0.25) is 0 Å². The number of carbonyl (C=O) groups is 2. The number of hydrogen-bond donors (Lipinski definition) is 0. The quantitative estimate of drug-likeness (QED) is 0.202. The Kier molecular flexibility index (Phi) is 8.28. The highest BCUT2D eigenvalue weighted by Crippen LogP contribution is 2.64. The molecule has 0 aliphatic heterocycles. The van der Waals surface area contributed by atoms with Gasteiger partial charge in [-0.2, -0.15) is 10.5 Å². The third kappa shape index (κ3) is 5.38. The van der Waals surface area contributed by atoms with E-state index in [9.17, 15) is 20.1 Å². The van der Waals surface area contributed by atoms with Crippen molar-refractivity contribution in [3.8, 4) is 12.1 Å². The lowest BCUT2D eigenvalue weighted by Gasteiger charge is -2.27. The average molecular weight is 502 g/mol. The summed E-state index contributed by atoms with van der Waals surface area (Å²) in [6.07, 6.45) is 0. The molecular formula is C30H20N2O2P2. The first kappa shape index (κ1) is 24.9. The Hall–Kier alpha value is -4.20. The molecule has 0 saturated heterocycles. The first-order valence-electron chi connectivity index (χ1n) is 11.1. The van der Waals surface area contributed by atoms with Crippen molar-refractivity contribution < 1.29 is 9.59 Å². The van der Waals surface area contributed by atoms with Gasteiger partial charge in [0, 0.05) is 32.0 Å². The highest BCUT2D eigenvalue weighted by molar-refractivity contribution is 8.02. The summed E-state index contributed by atoms with van der Waals surface area (Å²) in [6, 6.07) is 39.9. The van der Waals surface area contributed by atoms with Gasteiger partial charge in [-0.15, -0.1) is 0 Å². The van der Waals surface area contributed by atoms with Crippen LogP contribution in [-0.2, 0) is 0 Å². The summed E-state index contributed by atoms with van der Waals surface area (Å²) >= 11 is 0. The summed E-state index contributed by atoms with van der Waals surface area (Å²) in [4.78, 5) is 28.2. The monoisotopic (exact) mass is 502 g/mol. The van der Waals surface area contributed by atoms with Gasteiger partial charge in [-0.05, 0) is 10.6 Å². The molecule has 4 aromatic rings. The van der Waals surface area contributed by atoms with Crippen LogP contribution in [0.5, 0.6) is 0 Å². The second kappa shape index (κ2) is 12.0. The van der Waals surface area contributed by atoms with E-state index < -0.39 is 15.8 Å². The van der Waals surface area contributed by atoms with Crippen LogP contribution < -0.4 is 10.6 Å². The molecule has 0 bridgehead atoms. The third-order valence-electron chi connectivity index (χ3n) is 5.35. The van der Waals surface area contributed by atoms with Crippen LogP contribution in [0.1, 0.15) is 20.7 Å². The van der Waals surface area contributed by atoms with Gasteiger partial charge in [0.1, 0.15) is 17.7 Å². The SMILES string of the molecule is N#CC(C#N)=C(P(C(=O)c1ccccc1)c1ccccc1)P(C(=O)c1ccccc1)c1ccccc1. The molecule has 0 N–H and O–H groups in total. The van der Waals surface area contributed by atoms with Crippen molar-refractivity contribution >= 4 is 37.5 Å². The van der Waals surface area contributed by atoms with Crippen molar-refractivity contribution in [2.45, 2.75) is 0 Å². The van der Waals surface area contributed by atoms with Crippen LogP contribution >= 0.6 is 15.8 Å². The Bertz CT molecular complexity index is 1360. The van der Waals surface area contributed by atoms with Crippen molar-refractivity contribution in [2.75, 3.05) is 0 Å². The summed E-state index contributed by atoms with van der Waals surface area (Å²) in [5, 5.41) is 21.8. The largest absolute Gasteiger partial charge is 0.288 e. The van der Waals surface area contributed by atoms with E-state index >= 15 is 0 Å². The van der Waals surface area contributed by atoms with Gasteiger partial charge >= 0.3 is 0 Å². The van der Waals surface area contributed by atoms with E-state index in [1.165, 1.54) is 0 Å². The zero-order valence-electron chi connectivity index (χ0n) is 19.2. The van der Waals surface area contributed by atoms with Gasteiger partial charge in [0.05, 0.1) is 0 Å². The molecule has 0 aliphatic carbocycles. The maximum Gasteiger partial charge on any atom is 0.193 e. The van der Waals surface area contributed by atoms with Gasteiger partial charge in [-0.25, -0.2) is 0 Å². The minimum Gasteiger partial charge on any atom is -0.288 e. The Labute approximate surface area is 212 Å². The van der Waals surface area contributed by atoms with E-state index in [1.807, 2.05) is 84.9 Å². The standard InChI is InChI=1S/C30H20N2O2P2/c31-21-25(22-32)30(35(26-17-9-3-10-18-26)28(33)23-13-5-1-6-14-23)36(27-19-11-4-12-20-27)29(34)24-15-7-2-8-16-24/h1-20H. The normalized spacial score (nSPS) is 11.8. The van der Waals surface area contributed by atoms with Gasteiger partial charge in [-0.1, -0.05) is 121 Å². The molecule has 0 fully saturated rings. The van der Waals surface area contributed by atoms with Crippen molar-refractivity contribution in [1.29, 1.82) is 10.5 Å². The number of hydrogen-bond acceptors (Lipinski definition) is 4. The van der Waals surface area contributed by atoms with Crippen molar-refractivity contribution in [2.24, 2.45) is 0 Å². The maximum atomic E-state index is 14.1. The number of nitriles is 2. The summed E-state index contributed by atoms with van der Waals surface area (Å²) in [5.41, 5.74) is 0.331. The molecule has 0 spiro atoms. The molecule has 6 heteroatoms. The Balaban J connectivity index is 2.03. The fourth-order valence-electron chi connectivity index (χ4n) is 3.69. The van der Waals surface area contributed by atoms with E-state index in [4.69, 9.17) is 0 Å². The predicted octanol–water partition coefficient (Wildman–Crippen LogP) is 6.54. The molecule has 0 aliphatic rings. The van der Waals surface area contributed by atoms with Gasteiger partial charge in [0.15, 0.2) is 11.0 Å². The zero-order valence-corrected chi connectivity index (χ0v) is 20.9. The molecule has 4 rings (SSSR count). The van der Waals surface area contributed by atoms with E-state index in [0.29, 0.717) is 26.8 Å². The van der Waals surface area contributed by atoms with Crippen molar-refractivity contribution in [3.63, 3.8) is 0 Å². The molecule has 2 unspecified atom stereocenters. The lowest BCUT2D eigenvalue weighted by Crippen LogP contribution is -2.17. The van der Waals surface area contributed by atoms with Crippen LogP contribution in [0.25, 0.3) is 0 Å². The topological polar surface area (TPSA) is 81.7 Å². The van der Waals surface area contributed by atoms with Crippen LogP contribution in [0.2, 0.25) is 0 Å². The molecule has 0 saturated carbocycles. The summed E-state index contributed by atoms with van der Waals surface area (Å²) in [6.45, 7) is 0. The van der Waals surface area contributed by atoms with Crippen LogP contribution in [0.4, 0.5) is 0 Å². The number of carbonyl (C=O) groups excluding carboxylic acids is 2. The van der Waals surface area contributed by atoms with E-state index in [-0.39, 0.29) is 16.6 Å². The molecular weight excluding hydrogens is 482 g/mol. The fourth-order valence-corrected chi connectivity index (χ4v) is 9.48. The lowest BCUT2D eigenvalue weighted by molar-refractivity contribution is 0.107. The predicted molar refractivity (Wildman–Crippen MR) is 146 cm³/mol. The average Bonchev–Trinajstić information content (AvgIpc) is 2.95. The van der Waals surface area contributed by atoms with Gasteiger partial charge < -0.3 is 0 Å². The molecule has 0 amide bonds. The first-order valence-corrected chi connectivity index (χ1v) is 13.8. The Morgan fingerprint density at radius 1 is 0.500 bits per heavy atom. The summed E-state index contributed by atoms with van der Waals surface area (Å²) in [7, 11) is -3.78. The third-order valence-corrected chi connectivity index (χ3v) is 10.8. The van der Waals surface area contributed by atoms with Gasteiger partial charge in [0.25, 0.3) is 0 Å². The molecule has 4 nitrogen and oxygen atoms in total. The highest BCUT2D eigenvalue weighted by Gasteiger charge is 2.38. The highest BCUT2D eigenvalue weighted by atomic mass is 31.2. The second-order valence-corrected chi connectivity index (χ2v) is 12.0. The van der Waals surface area contributed by atoms with Crippen LogP contribution in [0.3, 0.4) is 0 Å². The molecule has 172 valence electrons. The Morgan fingerprint density at radius 3 is 1.11 bits per heavy atom. The number of allylic oxidation sites excluding steroid dienone is 1. The van der Waals surface area contributed by atoms with Crippen LogP contribution in [-0.4, -0.2) is 11.0 Å². The molecule has 36 heavy (non-hydrogen) atoms. The minimum atomic E-state index is -1.89. The minimum absolute atomic E-state index is 0.187. The smallest absolute Gasteiger partial charge is 0.193 e. The molecule has 0 heterocycles. The van der Waals surface area contributed by atoms with Crippen LogP contribution in [0, 0.1) is 22.7 Å². The van der Waals surface area contributed by atoms with E-state index in [1.54, 1.807) is 48.5 Å². The van der Waals surface area contributed by atoms with Crippen molar-refractivity contribution in [1.82, 2.24) is 0 Å². The fraction of sp³-hybridized carbons (Fsp3) is 0. The molecule has 4 aromatic carbocycles. The summed E-state index contributed by atoms with van der Waals surface area (Å²) < 4.78 is 0. The lowest BCUT2D eigenvalue weighted by atomic mass is 10.2. The van der Waals surface area contributed by atoms with Gasteiger partial charge in [-0.3, -0.25) is 9.59 Å². The number of nitrogens with zero attached hydrogens (tertiary/aromatic N) is 2. The summed E-state index contributed by atoms with van der Waals surface area (Å²) in [5.74, 6) is 0. The first-order chi connectivity index (χ1) is 17.7. The maximum absolute atomic E-state index is 14.1. The molecule has 2 atom stereocenters. The second-order valence-electron chi connectivity index (χ2n) is 7.61.